The zero-order valence-corrected chi connectivity index (χ0v) is 17.7. The highest BCUT2D eigenvalue weighted by atomic mass is 35.5. The van der Waals surface area contributed by atoms with Crippen molar-refractivity contribution in [2.75, 3.05) is 32.7 Å². The summed E-state index contributed by atoms with van der Waals surface area (Å²) in [6.45, 7) is 6.09. The van der Waals surface area contributed by atoms with Gasteiger partial charge >= 0.3 is 6.03 Å². The molecule has 1 fully saturated rings. The highest BCUT2D eigenvalue weighted by Crippen LogP contribution is 2.15. The van der Waals surface area contributed by atoms with Crippen molar-refractivity contribution in [1.82, 2.24) is 24.7 Å². The van der Waals surface area contributed by atoms with Crippen molar-refractivity contribution in [2.45, 2.75) is 45.2 Å². The minimum atomic E-state index is 0.0438. The highest BCUT2D eigenvalue weighted by molar-refractivity contribution is 6.30. The number of benzene rings is 1. The first kappa shape index (κ1) is 20.2. The number of hydrogen-bond acceptors (Lipinski definition) is 3. The number of halogens is 1. The van der Waals surface area contributed by atoms with E-state index in [1.165, 1.54) is 24.2 Å². The standard InChI is InChI=1S/C22H30ClN5O/c23-19-7-5-18(6-8-19)16-26-11-3-13-27(15-14-26)22(29)24-10-9-20-17-28-12-2-1-4-21(28)25-20/h5-8,17H,1-4,9-16H2,(H,24,29). The molecule has 3 heterocycles. The molecule has 1 aromatic carbocycles. The van der Waals surface area contributed by atoms with Crippen molar-refractivity contribution >= 4 is 17.6 Å². The van der Waals surface area contributed by atoms with Crippen molar-refractivity contribution in [3.05, 3.63) is 52.6 Å². The lowest BCUT2D eigenvalue weighted by atomic mass is 10.2. The zero-order chi connectivity index (χ0) is 20.1. The summed E-state index contributed by atoms with van der Waals surface area (Å²) in [5, 5.41) is 3.85. The second kappa shape index (κ2) is 9.63. The second-order valence-electron chi connectivity index (χ2n) is 8.02. The van der Waals surface area contributed by atoms with E-state index in [0.29, 0.717) is 6.54 Å². The molecule has 0 atom stereocenters. The normalized spacial score (nSPS) is 17.6. The number of nitrogens with zero attached hydrogens (tertiary/aromatic N) is 4. The van der Waals surface area contributed by atoms with Gasteiger partial charge in [0, 0.05) is 69.9 Å². The van der Waals surface area contributed by atoms with Crippen molar-refractivity contribution in [3.63, 3.8) is 0 Å². The molecule has 2 amide bonds. The number of amides is 2. The number of carbonyl (C=O) groups excluding carboxylic acids is 1. The van der Waals surface area contributed by atoms with Crippen molar-refractivity contribution in [1.29, 1.82) is 0 Å². The Morgan fingerprint density at radius 1 is 1.03 bits per heavy atom. The third kappa shape index (κ3) is 5.52. The van der Waals surface area contributed by atoms with Crippen molar-refractivity contribution < 1.29 is 4.79 Å². The topological polar surface area (TPSA) is 53.4 Å². The largest absolute Gasteiger partial charge is 0.338 e. The summed E-state index contributed by atoms with van der Waals surface area (Å²) in [5.74, 6) is 1.20. The lowest BCUT2D eigenvalue weighted by Crippen LogP contribution is -2.42. The van der Waals surface area contributed by atoms with Gasteiger partial charge in [0.25, 0.3) is 0 Å². The minimum absolute atomic E-state index is 0.0438. The third-order valence-electron chi connectivity index (χ3n) is 5.81. The molecule has 156 valence electrons. The van der Waals surface area contributed by atoms with E-state index in [9.17, 15) is 4.79 Å². The minimum Gasteiger partial charge on any atom is -0.338 e. The van der Waals surface area contributed by atoms with Crippen LogP contribution in [0.4, 0.5) is 4.79 Å². The fourth-order valence-corrected chi connectivity index (χ4v) is 4.31. The van der Waals surface area contributed by atoms with E-state index in [-0.39, 0.29) is 6.03 Å². The number of aryl methyl sites for hydroxylation is 2. The maximum absolute atomic E-state index is 12.6. The fraction of sp³-hybridized carbons (Fsp3) is 0.545. The summed E-state index contributed by atoms with van der Waals surface area (Å²) in [6.07, 6.45) is 7.49. The van der Waals surface area contributed by atoms with E-state index in [4.69, 9.17) is 16.6 Å². The van der Waals surface area contributed by atoms with Gasteiger partial charge < -0.3 is 14.8 Å². The molecule has 1 saturated heterocycles. The summed E-state index contributed by atoms with van der Waals surface area (Å²) < 4.78 is 2.27. The molecule has 29 heavy (non-hydrogen) atoms. The average molecular weight is 416 g/mol. The van der Waals surface area contributed by atoms with Gasteiger partial charge in [0.1, 0.15) is 5.82 Å². The van der Waals surface area contributed by atoms with Gasteiger partial charge in [-0.05, 0) is 37.0 Å². The Balaban J connectivity index is 1.21. The number of fused-ring (bicyclic) bond motifs is 1. The molecule has 1 N–H and O–H groups in total. The van der Waals surface area contributed by atoms with E-state index in [2.05, 4.69) is 33.1 Å². The van der Waals surface area contributed by atoms with Crippen molar-refractivity contribution in [3.8, 4) is 0 Å². The summed E-state index contributed by atoms with van der Waals surface area (Å²) in [4.78, 5) is 21.7. The molecule has 0 spiro atoms. The predicted octanol–water partition coefficient (Wildman–Crippen LogP) is 3.33. The summed E-state index contributed by atoms with van der Waals surface area (Å²) >= 11 is 5.97. The number of urea groups is 1. The van der Waals surface area contributed by atoms with E-state index < -0.39 is 0 Å². The van der Waals surface area contributed by atoms with Gasteiger partial charge in [-0.15, -0.1) is 0 Å². The molecule has 2 aromatic rings. The average Bonchev–Trinajstić information content (AvgIpc) is 3.00. The smallest absolute Gasteiger partial charge is 0.317 e. The highest BCUT2D eigenvalue weighted by Gasteiger charge is 2.19. The van der Waals surface area contributed by atoms with Gasteiger partial charge in [0.15, 0.2) is 0 Å². The van der Waals surface area contributed by atoms with Crippen LogP contribution in [0.25, 0.3) is 0 Å². The first-order valence-corrected chi connectivity index (χ1v) is 11.1. The van der Waals surface area contributed by atoms with Gasteiger partial charge in [-0.1, -0.05) is 23.7 Å². The van der Waals surface area contributed by atoms with Crippen LogP contribution in [0.1, 0.15) is 36.3 Å². The van der Waals surface area contributed by atoms with Crippen LogP contribution in [0, 0.1) is 0 Å². The SMILES string of the molecule is O=C(NCCc1cn2c(n1)CCCC2)N1CCCN(Cc2ccc(Cl)cc2)CC1. The Bertz CT molecular complexity index is 796. The molecule has 1 aromatic heterocycles. The molecule has 0 bridgehead atoms. The van der Waals surface area contributed by atoms with Crippen LogP contribution in [0.15, 0.2) is 30.5 Å². The first-order chi connectivity index (χ1) is 14.2. The Labute approximate surface area is 177 Å². The molecule has 0 unspecified atom stereocenters. The van der Waals surface area contributed by atoms with E-state index in [1.807, 2.05) is 17.0 Å². The van der Waals surface area contributed by atoms with Gasteiger partial charge in [0.2, 0.25) is 0 Å². The van der Waals surface area contributed by atoms with Crippen LogP contribution in [-0.4, -0.2) is 58.1 Å². The van der Waals surface area contributed by atoms with Crippen LogP contribution >= 0.6 is 11.6 Å². The Hall–Kier alpha value is -2.05. The lowest BCUT2D eigenvalue weighted by molar-refractivity contribution is 0.198. The van der Waals surface area contributed by atoms with E-state index in [1.54, 1.807) is 0 Å². The molecule has 0 saturated carbocycles. The van der Waals surface area contributed by atoms with Gasteiger partial charge in [-0.2, -0.15) is 0 Å². The van der Waals surface area contributed by atoms with Crippen LogP contribution in [0.2, 0.25) is 5.02 Å². The molecule has 4 rings (SSSR count). The molecule has 2 aliphatic heterocycles. The Morgan fingerprint density at radius 2 is 1.90 bits per heavy atom. The molecular formula is C22H30ClN5O. The number of aromatic nitrogens is 2. The second-order valence-corrected chi connectivity index (χ2v) is 8.46. The zero-order valence-electron chi connectivity index (χ0n) is 16.9. The van der Waals surface area contributed by atoms with Gasteiger partial charge in [0.05, 0.1) is 5.69 Å². The lowest BCUT2D eigenvalue weighted by Gasteiger charge is -2.22. The van der Waals surface area contributed by atoms with Crippen LogP contribution in [0.5, 0.6) is 0 Å². The fourth-order valence-electron chi connectivity index (χ4n) is 4.18. The molecule has 0 radical (unpaired) electrons. The number of hydrogen-bond donors (Lipinski definition) is 1. The Kier molecular flexibility index (Phi) is 6.72. The van der Waals surface area contributed by atoms with Crippen LogP contribution in [-0.2, 0) is 25.9 Å². The predicted molar refractivity (Wildman–Crippen MR) is 115 cm³/mol. The third-order valence-corrected chi connectivity index (χ3v) is 6.06. The van der Waals surface area contributed by atoms with E-state index in [0.717, 1.165) is 69.2 Å². The van der Waals surface area contributed by atoms with E-state index >= 15 is 0 Å². The summed E-state index contributed by atoms with van der Waals surface area (Å²) in [5.41, 5.74) is 2.35. The van der Waals surface area contributed by atoms with Crippen LogP contribution < -0.4 is 5.32 Å². The number of imidazole rings is 1. The Morgan fingerprint density at radius 3 is 2.72 bits per heavy atom. The quantitative estimate of drug-likeness (QED) is 0.814. The molecule has 2 aliphatic rings. The number of nitrogens with one attached hydrogen (secondary N) is 1. The molecule has 0 aliphatic carbocycles. The van der Waals surface area contributed by atoms with Gasteiger partial charge in [-0.3, -0.25) is 4.90 Å². The monoisotopic (exact) mass is 415 g/mol. The maximum atomic E-state index is 12.6. The molecule has 7 heteroatoms. The van der Waals surface area contributed by atoms with Crippen LogP contribution in [0.3, 0.4) is 0 Å². The summed E-state index contributed by atoms with van der Waals surface area (Å²) in [7, 11) is 0. The van der Waals surface area contributed by atoms with Gasteiger partial charge in [-0.25, -0.2) is 9.78 Å². The number of carbonyl (C=O) groups is 1. The summed E-state index contributed by atoms with van der Waals surface area (Å²) in [6, 6.07) is 8.06. The number of rotatable bonds is 5. The first-order valence-electron chi connectivity index (χ1n) is 10.7. The maximum Gasteiger partial charge on any atom is 0.317 e. The molecular weight excluding hydrogens is 386 g/mol. The van der Waals surface area contributed by atoms with Crippen molar-refractivity contribution in [2.24, 2.45) is 0 Å². The molecule has 6 nitrogen and oxygen atoms in total.